The van der Waals surface area contributed by atoms with Gasteiger partial charge in [0.2, 0.25) is 0 Å². The smallest absolute Gasteiger partial charge is 0.185 e. The van der Waals surface area contributed by atoms with Gasteiger partial charge in [0, 0.05) is 5.56 Å². The number of phenolic OH excluding ortho intramolecular Hbond substituents is 1. The Balaban J connectivity index is 1.86. The molecular formula is C16H12FN3O. The molecule has 1 heterocycles. The van der Waals surface area contributed by atoms with Gasteiger partial charge in [0.25, 0.3) is 0 Å². The number of halogens is 1. The summed E-state index contributed by atoms with van der Waals surface area (Å²) in [5.74, 6) is 0.688. The molecule has 0 fully saturated rings. The number of aromatic amines is 1. The van der Waals surface area contributed by atoms with Crippen LogP contribution in [0.25, 0.3) is 23.5 Å². The molecule has 3 rings (SSSR count). The van der Waals surface area contributed by atoms with Gasteiger partial charge in [-0.05, 0) is 30.4 Å². The van der Waals surface area contributed by atoms with Gasteiger partial charge in [0.1, 0.15) is 17.4 Å². The van der Waals surface area contributed by atoms with Gasteiger partial charge in [-0.15, -0.1) is 0 Å². The predicted octanol–water partition coefficient (Wildman–Crippen LogP) is 3.49. The van der Waals surface area contributed by atoms with Crippen LogP contribution in [0.3, 0.4) is 0 Å². The lowest BCUT2D eigenvalue weighted by atomic mass is 10.2. The van der Waals surface area contributed by atoms with E-state index < -0.39 is 0 Å². The first-order valence-electron chi connectivity index (χ1n) is 6.37. The van der Waals surface area contributed by atoms with Crippen molar-refractivity contribution < 1.29 is 9.50 Å². The van der Waals surface area contributed by atoms with Crippen molar-refractivity contribution in [1.82, 2.24) is 15.2 Å². The molecule has 0 radical (unpaired) electrons. The fourth-order valence-corrected chi connectivity index (χ4v) is 1.91. The van der Waals surface area contributed by atoms with E-state index in [0.717, 1.165) is 0 Å². The molecule has 104 valence electrons. The maximum absolute atomic E-state index is 13.5. The topological polar surface area (TPSA) is 61.8 Å². The van der Waals surface area contributed by atoms with Gasteiger partial charge in [-0.2, -0.15) is 5.10 Å². The van der Waals surface area contributed by atoms with Gasteiger partial charge in [-0.1, -0.05) is 30.3 Å². The summed E-state index contributed by atoms with van der Waals surface area (Å²) in [5.41, 5.74) is 1.01. The Morgan fingerprint density at radius 1 is 1.00 bits per heavy atom. The van der Waals surface area contributed by atoms with Crippen LogP contribution in [0.5, 0.6) is 5.75 Å². The first-order chi connectivity index (χ1) is 10.2. The number of hydrogen-bond donors (Lipinski definition) is 2. The molecule has 0 saturated carbocycles. The second-order valence-corrected chi connectivity index (χ2v) is 4.42. The van der Waals surface area contributed by atoms with E-state index in [0.29, 0.717) is 22.8 Å². The highest BCUT2D eigenvalue weighted by Crippen LogP contribution is 2.25. The maximum atomic E-state index is 13.5. The van der Waals surface area contributed by atoms with E-state index >= 15 is 0 Å². The molecule has 0 atom stereocenters. The van der Waals surface area contributed by atoms with Crippen LogP contribution in [0, 0.1) is 5.82 Å². The number of aromatic hydroxyl groups is 1. The minimum Gasteiger partial charge on any atom is -0.507 e. The number of phenols is 1. The van der Waals surface area contributed by atoms with Gasteiger partial charge in [-0.3, -0.25) is 5.10 Å². The molecular weight excluding hydrogens is 269 g/mol. The highest BCUT2D eigenvalue weighted by Gasteiger charge is 2.08. The lowest BCUT2D eigenvalue weighted by molar-refractivity contribution is 0.477. The van der Waals surface area contributed by atoms with Crippen molar-refractivity contribution in [3.05, 3.63) is 65.7 Å². The third-order valence-electron chi connectivity index (χ3n) is 2.97. The van der Waals surface area contributed by atoms with Crippen molar-refractivity contribution in [3.8, 4) is 17.1 Å². The van der Waals surface area contributed by atoms with Crippen molar-refractivity contribution in [2.75, 3.05) is 0 Å². The molecule has 3 aromatic rings. The Labute approximate surface area is 120 Å². The van der Waals surface area contributed by atoms with Crippen LogP contribution in [0.15, 0.2) is 48.5 Å². The number of benzene rings is 2. The normalized spacial score (nSPS) is 11.1. The van der Waals surface area contributed by atoms with Crippen LogP contribution in [0.1, 0.15) is 11.4 Å². The molecule has 0 saturated heterocycles. The van der Waals surface area contributed by atoms with Crippen LogP contribution in [-0.4, -0.2) is 20.3 Å². The van der Waals surface area contributed by atoms with E-state index in [1.807, 2.05) is 0 Å². The van der Waals surface area contributed by atoms with Crippen LogP contribution < -0.4 is 0 Å². The van der Waals surface area contributed by atoms with Crippen molar-refractivity contribution in [1.29, 1.82) is 0 Å². The van der Waals surface area contributed by atoms with Gasteiger partial charge < -0.3 is 5.11 Å². The quantitative estimate of drug-likeness (QED) is 0.772. The highest BCUT2D eigenvalue weighted by molar-refractivity contribution is 5.69. The zero-order chi connectivity index (χ0) is 14.7. The average Bonchev–Trinajstić information content (AvgIpc) is 2.96. The molecule has 5 heteroatoms. The maximum Gasteiger partial charge on any atom is 0.185 e. The minimum absolute atomic E-state index is 0.112. The molecule has 21 heavy (non-hydrogen) atoms. The summed E-state index contributed by atoms with van der Waals surface area (Å²) in [6, 6.07) is 13.3. The Bertz CT molecular complexity index is 795. The van der Waals surface area contributed by atoms with Crippen molar-refractivity contribution in [3.63, 3.8) is 0 Å². The molecule has 0 spiro atoms. The molecule has 0 bridgehead atoms. The Morgan fingerprint density at radius 2 is 1.76 bits per heavy atom. The standard InChI is InChI=1S/C16H12FN3O/c17-13-7-3-1-5-11(13)9-10-15-18-16(20-19-15)12-6-2-4-8-14(12)21/h1-10,21H,(H,18,19,20)/b10-9+. The lowest BCUT2D eigenvalue weighted by Crippen LogP contribution is -1.81. The third-order valence-corrected chi connectivity index (χ3v) is 2.97. The Morgan fingerprint density at radius 3 is 2.57 bits per heavy atom. The van der Waals surface area contributed by atoms with Crippen molar-refractivity contribution in [2.24, 2.45) is 0 Å². The first kappa shape index (κ1) is 13.1. The summed E-state index contributed by atoms with van der Waals surface area (Å²) < 4.78 is 13.5. The largest absolute Gasteiger partial charge is 0.507 e. The van der Waals surface area contributed by atoms with Gasteiger partial charge >= 0.3 is 0 Å². The number of nitrogens with one attached hydrogen (secondary N) is 1. The van der Waals surface area contributed by atoms with E-state index in [9.17, 15) is 9.50 Å². The molecule has 0 unspecified atom stereocenters. The molecule has 2 N–H and O–H groups in total. The van der Waals surface area contributed by atoms with Crippen LogP contribution in [0.4, 0.5) is 4.39 Å². The predicted molar refractivity (Wildman–Crippen MR) is 78.8 cm³/mol. The SMILES string of the molecule is Oc1ccccc1-c1n[nH]c(/C=C/c2ccccc2F)n1. The van der Waals surface area contributed by atoms with E-state index in [4.69, 9.17) is 0 Å². The molecule has 0 aliphatic heterocycles. The molecule has 1 aromatic heterocycles. The van der Waals surface area contributed by atoms with E-state index in [-0.39, 0.29) is 11.6 Å². The molecule has 2 aromatic carbocycles. The van der Waals surface area contributed by atoms with E-state index in [2.05, 4.69) is 15.2 Å². The zero-order valence-electron chi connectivity index (χ0n) is 11.0. The zero-order valence-corrected chi connectivity index (χ0v) is 11.0. The lowest BCUT2D eigenvalue weighted by Gasteiger charge is -1.97. The number of aromatic nitrogens is 3. The molecule has 0 aliphatic rings. The number of rotatable bonds is 3. The summed E-state index contributed by atoms with van der Waals surface area (Å²) in [7, 11) is 0. The molecule has 0 aliphatic carbocycles. The Kier molecular flexibility index (Phi) is 3.47. The molecule has 0 amide bonds. The number of hydrogen-bond acceptors (Lipinski definition) is 3. The highest BCUT2D eigenvalue weighted by atomic mass is 19.1. The van der Waals surface area contributed by atoms with Crippen molar-refractivity contribution in [2.45, 2.75) is 0 Å². The van der Waals surface area contributed by atoms with E-state index in [1.54, 1.807) is 54.6 Å². The summed E-state index contributed by atoms with van der Waals surface area (Å²) in [6.07, 6.45) is 3.25. The second kappa shape index (κ2) is 5.58. The van der Waals surface area contributed by atoms with Crippen LogP contribution in [-0.2, 0) is 0 Å². The van der Waals surface area contributed by atoms with Gasteiger partial charge in [0.15, 0.2) is 5.82 Å². The van der Waals surface area contributed by atoms with Gasteiger partial charge in [0.05, 0.1) is 5.56 Å². The fourth-order valence-electron chi connectivity index (χ4n) is 1.91. The number of para-hydroxylation sites is 1. The van der Waals surface area contributed by atoms with Crippen molar-refractivity contribution >= 4 is 12.2 Å². The number of nitrogens with zero attached hydrogens (tertiary/aromatic N) is 2. The van der Waals surface area contributed by atoms with Crippen LogP contribution in [0.2, 0.25) is 0 Å². The van der Waals surface area contributed by atoms with Gasteiger partial charge in [-0.25, -0.2) is 9.37 Å². The third kappa shape index (κ3) is 2.81. The summed E-state index contributed by atoms with van der Waals surface area (Å²) in [4.78, 5) is 4.25. The summed E-state index contributed by atoms with van der Waals surface area (Å²) in [5, 5.41) is 16.5. The first-order valence-corrected chi connectivity index (χ1v) is 6.37. The monoisotopic (exact) mass is 281 g/mol. The average molecular weight is 281 g/mol. The second-order valence-electron chi connectivity index (χ2n) is 4.42. The number of H-pyrrole nitrogens is 1. The summed E-state index contributed by atoms with van der Waals surface area (Å²) >= 11 is 0. The van der Waals surface area contributed by atoms with E-state index in [1.165, 1.54) is 6.07 Å². The summed E-state index contributed by atoms with van der Waals surface area (Å²) in [6.45, 7) is 0. The van der Waals surface area contributed by atoms with Crippen LogP contribution >= 0.6 is 0 Å². The molecule has 4 nitrogen and oxygen atoms in total. The minimum atomic E-state index is -0.297. The fraction of sp³-hybridized carbons (Fsp3) is 0. The Hall–Kier alpha value is -2.95.